The molecule has 0 saturated carbocycles. The Labute approximate surface area is 246 Å². The molecule has 41 heavy (non-hydrogen) atoms. The molecule has 0 saturated heterocycles. The van der Waals surface area contributed by atoms with E-state index in [1.807, 2.05) is 0 Å². The van der Waals surface area contributed by atoms with Crippen LogP contribution in [0.5, 0.6) is 11.5 Å². The van der Waals surface area contributed by atoms with E-state index in [9.17, 15) is 0 Å². The van der Waals surface area contributed by atoms with E-state index in [2.05, 4.69) is 129 Å². The molecular formula is C39H46NO+. The van der Waals surface area contributed by atoms with Crippen molar-refractivity contribution in [3.8, 4) is 22.8 Å². The lowest BCUT2D eigenvalue weighted by Crippen LogP contribution is -2.32. The van der Waals surface area contributed by atoms with Crippen molar-refractivity contribution in [3.63, 3.8) is 0 Å². The van der Waals surface area contributed by atoms with Gasteiger partial charge in [0.15, 0.2) is 6.20 Å². The first-order chi connectivity index (χ1) is 19.2. The Morgan fingerprint density at radius 2 is 1.39 bits per heavy atom. The second kappa shape index (κ2) is 9.58. The summed E-state index contributed by atoms with van der Waals surface area (Å²) in [5, 5.41) is 7.74. The Hall–Kier alpha value is -3.39. The predicted octanol–water partition coefficient (Wildman–Crippen LogP) is 10.4. The smallest absolute Gasteiger partial charge is 0.228 e. The van der Waals surface area contributed by atoms with Gasteiger partial charge in [-0.1, -0.05) is 91.8 Å². The van der Waals surface area contributed by atoms with Gasteiger partial charge in [0.2, 0.25) is 5.69 Å². The average Bonchev–Trinajstić information content (AvgIpc) is 2.85. The molecule has 1 aliphatic rings. The van der Waals surface area contributed by atoms with Crippen molar-refractivity contribution < 1.29 is 9.30 Å². The number of pyridine rings is 1. The number of nitrogens with zero attached hydrogens (tertiary/aromatic N) is 1. The average molecular weight is 545 g/mol. The lowest BCUT2D eigenvalue weighted by Gasteiger charge is -2.27. The number of hydrogen-bond donors (Lipinski definition) is 0. The first-order valence-electron chi connectivity index (χ1n) is 15.3. The first kappa shape index (κ1) is 27.8. The Morgan fingerprint density at radius 1 is 0.756 bits per heavy atom. The van der Waals surface area contributed by atoms with E-state index in [1.165, 1.54) is 65.8 Å². The normalized spacial score (nSPS) is 13.3. The molecule has 0 radical (unpaired) electrons. The molecular weight excluding hydrogens is 498 g/mol. The summed E-state index contributed by atoms with van der Waals surface area (Å²) in [6, 6.07) is 18.7. The SMILES string of the molecule is Cc1c2c(c(CC(C)C)c3ccc(CC(C)(C)C)cc13)Oc1cc3cc(CC(C)(C)C)ccc3c3cc[n+](C)c-2c13. The Kier molecular flexibility index (Phi) is 6.49. The van der Waals surface area contributed by atoms with Gasteiger partial charge < -0.3 is 4.74 Å². The second-order valence-electron chi connectivity index (χ2n) is 15.4. The molecule has 0 N–H and O–H groups in total. The second-order valence-corrected chi connectivity index (χ2v) is 15.4. The van der Waals surface area contributed by atoms with Gasteiger partial charge in [0.05, 0.1) is 10.9 Å². The fraction of sp³-hybridized carbons (Fsp3) is 0.410. The fourth-order valence-electron chi connectivity index (χ4n) is 7.00. The van der Waals surface area contributed by atoms with E-state index in [0.717, 1.165) is 30.8 Å². The molecule has 1 aromatic heterocycles. The highest BCUT2D eigenvalue weighted by molar-refractivity contribution is 6.16. The van der Waals surface area contributed by atoms with Gasteiger partial charge in [-0.25, -0.2) is 4.57 Å². The summed E-state index contributed by atoms with van der Waals surface area (Å²) in [5.41, 5.74) is 8.44. The summed E-state index contributed by atoms with van der Waals surface area (Å²) in [5.74, 6) is 2.55. The van der Waals surface area contributed by atoms with Gasteiger partial charge in [-0.3, -0.25) is 0 Å². The lowest BCUT2D eigenvalue weighted by molar-refractivity contribution is -0.659. The quantitative estimate of drug-likeness (QED) is 0.159. The van der Waals surface area contributed by atoms with E-state index in [0.29, 0.717) is 5.92 Å². The van der Waals surface area contributed by atoms with Crippen LogP contribution in [0, 0.1) is 23.7 Å². The summed E-state index contributed by atoms with van der Waals surface area (Å²) >= 11 is 0. The third kappa shape index (κ3) is 5.00. The van der Waals surface area contributed by atoms with Crippen molar-refractivity contribution in [1.29, 1.82) is 0 Å². The minimum Gasteiger partial charge on any atom is -0.455 e. The summed E-state index contributed by atoms with van der Waals surface area (Å²) in [6.45, 7) is 20.8. The number of fused-ring (bicyclic) bond motifs is 5. The number of ether oxygens (including phenoxy) is 1. The van der Waals surface area contributed by atoms with E-state index >= 15 is 0 Å². The number of hydrogen-bond acceptors (Lipinski definition) is 1. The van der Waals surface area contributed by atoms with Crippen LogP contribution in [0.3, 0.4) is 0 Å². The van der Waals surface area contributed by atoms with Crippen molar-refractivity contribution in [1.82, 2.24) is 0 Å². The highest BCUT2D eigenvalue weighted by Crippen LogP contribution is 2.52. The number of rotatable bonds is 4. The van der Waals surface area contributed by atoms with Crippen LogP contribution in [0.4, 0.5) is 0 Å². The summed E-state index contributed by atoms with van der Waals surface area (Å²) in [4.78, 5) is 0. The molecule has 0 atom stereocenters. The van der Waals surface area contributed by atoms with E-state index < -0.39 is 0 Å². The summed E-state index contributed by atoms with van der Waals surface area (Å²) in [7, 11) is 2.19. The minimum atomic E-state index is 0.241. The number of aromatic nitrogens is 1. The van der Waals surface area contributed by atoms with Crippen LogP contribution in [0.25, 0.3) is 43.6 Å². The number of aryl methyl sites for hydroxylation is 2. The van der Waals surface area contributed by atoms with E-state index in [-0.39, 0.29) is 10.8 Å². The Morgan fingerprint density at radius 3 is 2.02 bits per heavy atom. The van der Waals surface area contributed by atoms with Crippen LogP contribution in [0.15, 0.2) is 54.7 Å². The third-order valence-corrected chi connectivity index (χ3v) is 8.48. The minimum absolute atomic E-state index is 0.241. The van der Waals surface area contributed by atoms with Crippen LogP contribution < -0.4 is 9.30 Å². The van der Waals surface area contributed by atoms with Crippen molar-refractivity contribution in [2.45, 2.75) is 81.6 Å². The van der Waals surface area contributed by atoms with Crippen LogP contribution in [-0.4, -0.2) is 0 Å². The molecule has 1 aliphatic heterocycles. The highest BCUT2D eigenvalue weighted by Gasteiger charge is 2.33. The van der Waals surface area contributed by atoms with Crippen LogP contribution in [0.1, 0.15) is 77.6 Å². The predicted molar refractivity (Wildman–Crippen MR) is 175 cm³/mol. The molecule has 0 bridgehead atoms. The van der Waals surface area contributed by atoms with Crippen LogP contribution in [0.2, 0.25) is 0 Å². The molecule has 0 fully saturated rings. The molecule has 2 heteroatoms. The van der Waals surface area contributed by atoms with Gasteiger partial charge in [0.25, 0.3) is 0 Å². The molecule has 2 heterocycles. The lowest BCUT2D eigenvalue weighted by atomic mass is 9.83. The molecule has 2 nitrogen and oxygen atoms in total. The maximum Gasteiger partial charge on any atom is 0.228 e. The fourth-order valence-corrected chi connectivity index (χ4v) is 7.00. The van der Waals surface area contributed by atoms with E-state index in [4.69, 9.17) is 4.74 Å². The zero-order chi connectivity index (χ0) is 29.4. The van der Waals surface area contributed by atoms with Gasteiger partial charge in [-0.2, -0.15) is 0 Å². The van der Waals surface area contributed by atoms with Gasteiger partial charge in [-0.15, -0.1) is 0 Å². The van der Waals surface area contributed by atoms with Crippen molar-refractivity contribution in [2.24, 2.45) is 23.8 Å². The molecule has 6 rings (SSSR count). The van der Waals surface area contributed by atoms with Crippen molar-refractivity contribution in [2.75, 3.05) is 0 Å². The van der Waals surface area contributed by atoms with Gasteiger partial charge in [0.1, 0.15) is 18.5 Å². The van der Waals surface area contributed by atoms with Crippen LogP contribution in [-0.2, 0) is 26.3 Å². The maximum absolute atomic E-state index is 7.07. The molecule has 212 valence electrons. The molecule has 0 aliphatic carbocycles. The molecule has 5 aromatic rings. The van der Waals surface area contributed by atoms with Crippen LogP contribution >= 0.6 is 0 Å². The first-order valence-corrected chi connectivity index (χ1v) is 15.3. The van der Waals surface area contributed by atoms with Gasteiger partial charge in [-0.05, 0) is 87.2 Å². The molecule has 0 amide bonds. The summed E-state index contributed by atoms with van der Waals surface area (Å²) < 4.78 is 9.38. The van der Waals surface area contributed by atoms with Crippen molar-refractivity contribution in [3.05, 3.63) is 77.0 Å². The van der Waals surface area contributed by atoms with Gasteiger partial charge in [0, 0.05) is 17.0 Å². The monoisotopic (exact) mass is 544 g/mol. The van der Waals surface area contributed by atoms with Crippen molar-refractivity contribution >= 4 is 32.3 Å². The number of benzene rings is 4. The largest absolute Gasteiger partial charge is 0.455 e. The molecule has 0 unspecified atom stereocenters. The molecule has 4 aromatic carbocycles. The Bertz CT molecular complexity index is 1840. The maximum atomic E-state index is 7.07. The summed E-state index contributed by atoms with van der Waals surface area (Å²) in [6.07, 6.45) is 5.33. The Balaban J connectivity index is 1.67. The zero-order valence-corrected chi connectivity index (χ0v) is 26.8. The third-order valence-electron chi connectivity index (χ3n) is 8.48. The molecule has 0 spiro atoms. The highest BCUT2D eigenvalue weighted by atomic mass is 16.5. The van der Waals surface area contributed by atoms with E-state index in [1.54, 1.807) is 0 Å². The topological polar surface area (TPSA) is 13.1 Å². The van der Waals surface area contributed by atoms with Gasteiger partial charge >= 0.3 is 0 Å². The zero-order valence-electron chi connectivity index (χ0n) is 26.8. The standard InChI is InChI=1S/C39H46NO/c1-23(2)17-32-29-14-12-26(22-39(7,8)9)19-31(29)24(3)34-36-35-30(15-16-40(36)10)28-13-11-25(21-38(4,5)6)18-27(28)20-33(35)41-37(32)34/h11-16,18-20,23H,17,21-22H2,1-10H3/q+1.